The van der Waals surface area contributed by atoms with Gasteiger partial charge in [-0.25, -0.2) is 0 Å². The molecule has 7 heteroatoms. The minimum atomic E-state index is -0.771. The Morgan fingerprint density at radius 1 is 1.37 bits per heavy atom. The number of benzene rings is 1. The molecule has 0 fully saturated rings. The van der Waals surface area contributed by atoms with Gasteiger partial charge in [0.15, 0.2) is 11.5 Å². The molecule has 19 heavy (non-hydrogen) atoms. The van der Waals surface area contributed by atoms with Crippen molar-refractivity contribution < 1.29 is 15.0 Å². The number of hydrogen-bond donors (Lipinski definition) is 5. The summed E-state index contributed by atoms with van der Waals surface area (Å²) in [5.74, 6) is -0.344. The van der Waals surface area contributed by atoms with Gasteiger partial charge >= 0.3 is 0 Å². The first-order valence-corrected chi connectivity index (χ1v) is 5.63. The maximum atomic E-state index is 11.8. The van der Waals surface area contributed by atoms with E-state index in [2.05, 4.69) is 15.5 Å². The van der Waals surface area contributed by atoms with Gasteiger partial charge in [0.1, 0.15) is 5.82 Å². The van der Waals surface area contributed by atoms with Gasteiger partial charge < -0.3 is 21.3 Å². The number of nitrogens with one attached hydrogen (secondary N) is 2. The fourth-order valence-electron chi connectivity index (χ4n) is 1.59. The summed E-state index contributed by atoms with van der Waals surface area (Å²) in [5, 5.41) is 27.4. The molecule has 1 aromatic carbocycles. The van der Waals surface area contributed by atoms with Crippen LogP contribution in [0.2, 0.25) is 0 Å². The molecular weight excluding hydrogens is 248 g/mol. The molecule has 1 amide bonds. The van der Waals surface area contributed by atoms with Gasteiger partial charge in [-0.15, -0.1) is 0 Å². The first kappa shape index (κ1) is 12.9. The van der Waals surface area contributed by atoms with E-state index < -0.39 is 6.04 Å². The quantitative estimate of drug-likeness (QED) is 0.508. The van der Waals surface area contributed by atoms with E-state index in [1.165, 1.54) is 18.3 Å². The van der Waals surface area contributed by atoms with Crippen LogP contribution in [0.25, 0.3) is 0 Å². The van der Waals surface area contributed by atoms with Gasteiger partial charge in [-0.3, -0.25) is 9.89 Å². The van der Waals surface area contributed by atoms with E-state index in [1.54, 1.807) is 12.1 Å². The van der Waals surface area contributed by atoms with Gasteiger partial charge in [-0.2, -0.15) is 5.10 Å². The summed E-state index contributed by atoms with van der Waals surface area (Å²) in [6.45, 7) is 0. The number of aromatic nitrogens is 2. The SMILES string of the molecule is N[C@@H](Cc1ccc(O)c(O)c1)C(=O)Nc1ccn[nH]1. The summed E-state index contributed by atoms with van der Waals surface area (Å²) in [6.07, 6.45) is 1.76. The lowest BCUT2D eigenvalue weighted by Crippen LogP contribution is -2.37. The van der Waals surface area contributed by atoms with Crippen molar-refractivity contribution in [2.75, 3.05) is 5.32 Å². The molecule has 0 saturated heterocycles. The molecule has 7 nitrogen and oxygen atoms in total. The summed E-state index contributed by atoms with van der Waals surface area (Å²) in [4.78, 5) is 11.8. The van der Waals surface area contributed by atoms with E-state index in [4.69, 9.17) is 5.73 Å². The van der Waals surface area contributed by atoms with Crippen molar-refractivity contribution in [3.63, 3.8) is 0 Å². The van der Waals surface area contributed by atoms with E-state index in [0.717, 1.165) is 0 Å². The second-order valence-corrected chi connectivity index (χ2v) is 4.09. The van der Waals surface area contributed by atoms with Crippen LogP contribution in [0.3, 0.4) is 0 Å². The predicted molar refractivity (Wildman–Crippen MR) is 68.7 cm³/mol. The monoisotopic (exact) mass is 262 g/mol. The van der Waals surface area contributed by atoms with Gasteiger partial charge in [-0.05, 0) is 24.1 Å². The van der Waals surface area contributed by atoms with Crippen molar-refractivity contribution >= 4 is 11.7 Å². The maximum absolute atomic E-state index is 11.8. The number of nitrogens with zero attached hydrogens (tertiary/aromatic N) is 1. The predicted octanol–water partition coefficient (Wildman–Crippen LogP) is 0.329. The molecule has 2 aromatic rings. The summed E-state index contributed by atoms with van der Waals surface area (Å²) in [7, 11) is 0. The first-order valence-electron chi connectivity index (χ1n) is 5.63. The Hall–Kier alpha value is -2.54. The van der Waals surface area contributed by atoms with Crippen LogP contribution in [0.5, 0.6) is 11.5 Å². The van der Waals surface area contributed by atoms with Crippen LogP contribution >= 0.6 is 0 Å². The Balaban J connectivity index is 1.98. The van der Waals surface area contributed by atoms with Gasteiger partial charge in [-0.1, -0.05) is 6.07 Å². The van der Waals surface area contributed by atoms with Crippen molar-refractivity contribution in [1.29, 1.82) is 0 Å². The van der Waals surface area contributed by atoms with Crippen molar-refractivity contribution in [2.45, 2.75) is 12.5 Å². The van der Waals surface area contributed by atoms with E-state index >= 15 is 0 Å². The lowest BCUT2D eigenvalue weighted by atomic mass is 10.1. The van der Waals surface area contributed by atoms with E-state index in [-0.39, 0.29) is 23.8 Å². The number of carbonyl (C=O) groups is 1. The molecule has 2 rings (SSSR count). The highest BCUT2D eigenvalue weighted by Crippen LogP contribution is 2.25. The lowest BCUT2D eigenvalue weighted by Gasteiger charge is -2.11. The van der Waals surface area contributed by atoms with Gasteiger partial charge in [0, 0.05) is 6.07 Å². The van der Waals surface area contributed by atoms with E-state index in [9.17, 15) is 15.0 Å². The molecule has 100 valence electrons. The minimum absolute atomic E-state index is 0.209. The number of rotatable bonds is 4. The Morgan fingerprint density at radius 3 is 2.79 bits per heavy atom. The number of anilines is 1. The largest absolute Gasteiger partial charge is 0.504 e. The number of nitrogens with two attached hydrogens (primary N) is 1. The summed E-state index contributed by atoms with van der Waals surface area (Å²) >= 11 is 0. The van der Waals surface area contributed by atoms with E-state index in [0.29, 0.717) is 11.4 Å². The Morgan fingerprint density at radius 2 is 2.16 bits per heavy atom. The average Bonchev–Trinajstić information content (AvgIpc) is 2.86. The number of H-pyrrole nitrogens is 1. The molecule has 0 bridgehead atoms. The summed E-state index contributed by atoms with van der Waals surface area (Å²) in [6, 6.07) is 5.16. The molecule has 1 heterocycles. The van der Waals surface area contributed by atoms with Gasteiger partial charge in [0.05, 0.1) is 12.2 Å². The van der Waals surface area contributed by atoms with Crippen molar-refractivity contribution in [3.8, 4) is 11.5 Å². The van der Waals surface area contributed by atoms with Crippen molar-refractivity contribution in [3.05, 3.63) is 36.0 Å². The fraction of sp³-hybridized carbons (Fsp3) is 0.167. The second-order valence-electron chi connectivity index (χ2n) is 4.09. The highest BCUT2D eigenvalue weighted by molar-refractivity contribution is 5.94. The molecular formula is C12H14N4O3. The Labute approximate surface area is 109 Å². The third-order valence-electron chi connectivity index (χ3n) is 2.59. The molecule has 6 N–H and O–H groups in total. The lowest BCUT2D eigenvalue weighted by molar-refractivity contribution is -0.117. The molecule has 0 saturated carbocycles. The number of phenolic OH excluding ortho intramolecular Hbond substituents is 2. The van der Waals surface area contributed by atoms with Crippen LogP contribution < -0.4 is 11.1 Å². The number of aromatic amines is 1. The maximum Gasteiger partial charge on any atom is 0.242 e. The zero-order valence-corrected chi connectivity index (χ0v) is 10.00. The second kappa shape index (κ2) is 5.40. The number of hydrogen-bond acceptors (Lipinski definition) is 5. The molecule has 0 aliphatic heterocycles. The normalized spacial score (nSPS) is 12.1. The summed E-state index contributed by atoms with van der Waals surface area (Å²) in [5.41, 5.74) is 6.42. The minimum Gasteiger partial charge on any atom is -0.504 e. The highest BCUT2D eigenvalue weighted by atomic mass is 16.3. The molecule has 0 unspecified atom stereocenters. The van der Waals surface area contributed by atoms with Crippen LogP contribution in [0.1, 0.15) is 5.56 Å². The molecule has 1 atom stereocenters. The Kier molecular flexibility index (Phi) is 3.67. The number of aromatic hydroxyl groups is 2. The first-order chi connectivity index (χ1) is 9.06. The number of amides is 1. The third kappa shape index (κ3) is 3.23. The molecule has 0 spiro atoms. The van der Waals surface area contributed by atoms with Crippen molar-refractivity contribution in [1.82, 2.24) is 10.2 Å². The van der Waals surface area contributed by atoms with Gasteiger partial charge in [0.25, 0.3) is 0 Å². The summed E-state index contributed by atoms with van der Waals surface area (Å²) < 4.78 is 0. The van der Waals surface area contributed by atoms with Crippen LogP contribution in [-0.2, 0) is 11.2 Å². The van der Waals surface area contributed by atoms with Gasteiger partial charge in [0.2, 0.25) is 5.91 Å². The molecule has 0 aliphatic rings. The zero-order chi connectivity index (χ0) is 13.8. The molecule has 0 radical (unpaired) electrons. The molecule has 0 aliphatic carbocycles. The topological polar surface area (TPSA) is 124 Å². The number of carbonyl (C=O) groups excluding carboxylic acids is 1. The zero-order valence-electron chi connectivity index (χ0n) is 10.00. The van der Waals surface area contributed by atoms with Crippen LogP contribution in [0.15, 0.2) is 30.5 Å². The smallest absolute Gasteiger partial charge is 0.242 e. The van der Waals surface area contributed by atoms with Crippen LogP contribution in [-0.4, -0.2) is 32.4 Å². The fourth-order valence-corrected chi connectivity index (χ4v) is 1.59. The third-order valence-corrected chi connectivity index (χ3v) is 2.59. The van der Waals surface area contributed by atoms with Crippen LogP contribution in [0, 0.1) is 0 Å². The van der Waals surface area contributed by atoms with E-state index in [1.807, 2.05) is 0 Å². The van der Waals surface area contributed by atoms with Crippen LogP contribution in [0.4, 0.5) is 5.82 Å². The highest BCUT2D eigenvalue weighted by Gasteiger charge is 2.15. The average molecular weight is 262 g/mol. The van der Waals surface area contributed by atoms with Crippen molar-refractivity contribution in [2.24, 2.45) is 5.73 Å². The molecule has 1 aromatic heterocycles. The Bertz CT molecular complexity index is 568. The standard InChI is InChI=1S/C12H14N4O3/c13-8(12(19)15-11-3-4-14-16-11)5-7-1-2-9(17)10(18)6-7/h1-4,6,8,17-18H,5,13H2,(H2,14,15,16,19)/t8-/m0/s1. The number of phenols is 2.